The van der Waals surface area contributed by atoms with Gasteiger partial charge in [0.2, 0.25) is 0 Å². The molecule has 21 heavy (non-hydrogen) atoms. The zero-order valence-electron chi connectivity index (χ0n) is 13.7. The summed E-state index contributed by atoms with van der Waals surface area (Å²) in [6.45, 7) is 13.2. The van der Waals surface area contributed by atoms with Gasteiger partial charge in [0.1, 0.15) is 6.10 Å². The predicted molar refractivity (Wildman–Crippen MR) is 84.0 cm³/mol. The average molecular weight is 292 g/mol. The summed E-state index contributed by atoms with van der Waals surface area (Å²) in [5, 5.41) is 3.46. The molecule has 0 radical (unpaired) electrons. The largest absolute Gasteiger partial charge is 0.368 e. The molecule has 0 spiro atoms. The molecular weight excluding hydrogens is 264 g/mol. The lowest BCUT2D eigenvalue weighted by Crippen LogP contribution is -2.39. The first-order chi connectivity index (χ1) is 9.98. The van der Waals surface area contributed by atoms with Crippen LogP contribution in [0.5, 0.6) is 0 Å². The Bertz CT molecular complexity index is 442. The van der Waals surface area contributed by atoms with Crippen molar-refractivity contribution in [3.63, 3.8) is 0 Å². The van der Waals surface area contributed by atoms with Crippen LogP contribution in [0.1, 0.15) is 51.7 Å². The molecule has 1 aromatic rings. The molecule has 2 rings (SSSR count). The molecule has 1 fully saturated rings. The maximum Gasteiger partial charge on any atom is 0.158 e. The molecule has 1 saturated heterocycles. The molecule has 1 aliphatic rings. The van der Waals surface area contributed by atoms with Gasteiger partial charge in [-0.3, -0.25) is 4.90 Å². The van der Waals surface area contributed by atoms with Gasteiger partial charge in [-0.15, -0.1) is 0 Å². The molecule has 0 saturated carbocycles. The lowest BCUT2D eigenvalue weighted by atomic mass is 10.1. The van der Waals surface area contributed by atoms with E-state index in [1.165, 1.54) is 6.42 Å². The third kappa shape index (κ3) is 5.34. The van der Waals surface area contributed by atoms with Gasteiger partial charge in [0.15, 0.2) is 5.82 Å². The minimum atomic E-state index is -0.000105. The highest BCUT2D eigenvalue weighted by Crippen LogP contribution is 2.19. The van der Waals surface area contributed by atoms with Crippen LogP contribution in [-0.2, 0) is 11.3 Å². The summed E-state index contributed by atoms with van der Waals surface area (Å²) in [7, 11) is 0. The molecule has 1 atom stereocenters. The Balaban J connectivity index is 1.99. The number of ether oxygens (including phenoxy) is 1. The fourth-order valence-corrected chi connectivity index (χ4v) is 2.40. The molecule has 2 heterocycles. The summed E-state index contributed by atoms with van der Waals surface area (Å²) >= 11 is 0. The van der Waals surface area contributed by atoms with Crippen LogP contribution >= 0.6 is 0 Å². The van der Waals surface area contributed by atoms with Crippen molar-refractivity contribution in [3.05, 3.63) is 23.8 Å². The van der Waals surface area contributed by atoms with Crippen LogP contribution in [0.2, 0.25) is 0 Å². The maximum absolute atomic E-state index is 5.85. The van der Waals surface area contributed by atoms with Gasteiger partial charge in [0.05, 0.1) is 12.3 Å². The molecule has 0 amide bonds. The number of hydrogen-bond acceptors (Lipinski definition) is 5. The lowest BCUT2D eigenvalue weighted by molar-refractivity contribution is -0.0343. The van der Waals surface area contributed by atoms with Crippen molar-refractivity contribution < 1.29 is 4.74 Å². The number of nitrogens with one attached hydrogen (secondary N) is 1. The summed E-state index contributed by atoms with van der Waals surface area (Å²) in [5.74, 6) is 0.809. The minimum Gasteiger partial charge on any atom is -0.368 e. The molecule has 5 heteroatoms. The highest BCUT2D eigenvalue weighted by Gasteiger charge is 2.23. The standard InChI is InChI=1S/C16H28N4O/c1-5-8-20-9-10-21-14(12-20)15-17-7-6-13(19-15)11-18-16(2,3)4/h6-7,14,18H,5,8-12H2,1-4H3. The van der Waals surface area contributed by atoms with Gasteiger partial charge in [0, 0.05) is 31.4 Å². The summed E-state index contributed by atoms with van der Waals surface area (Å²) in [4.78, 5) is 11.5. The molecule has 1 aliphatic heterocycles. The van der Waals surface area contributed by atoms with Crippen LogP contribution in [0.4, 0.5) is 0 Å². The Morgan fingerprint density at radius 1 is 1.43 bits per heavy atom. The normalized spacial score (nSPS) is 20.7. The van der Waals surface area contributed by atoms with Crippen molar-refractivity contribution in [3.8, 4) is 0 Å². The van der Waals surface area contributed by atoms with E-state index in [2.05, 4.69) is 47.9 Å². The second kappa shape index (κ2) is 7.29. The van der Waals surface area contributed by atoms with E-state index in [0.29, 0.717) is 0 Å². The predicted octanol–water partition coefficient (Wildman–Crippen LogP) is 2.15. The highest BCUT2D eigenvalue weighted by molar-refractivity contribution is 5.05. The molecule has 1 unspecified atom stereocenters. The van der Waals surface area contributed by atoms with Crippen LogP contribution in [0.3, 0.4) is 0 Å². The first kappa shape index (κ1) is 16.3. The van der Waals surface area contributed by atoms with E-state index in [1.54, 1.807) is 0 Å². The number of hydrogen-bond donors (Lipinski definition) is 1. The van der Waals surface area contributed by atoms with E-state index in [-0.39, 0.29) is 11.6 Å². The van der Waals surface area contributed by atoms with Crippen molar-refractivity contribution in [2.24, 2.45) is 0 Å². The molecule has 118 valence electrons. The van der Waals surface area contributed by atoms with Gasteiger partial charge in [-0.05, 0) is 39.8 Å². The molecule has 1 N–H and O–H groups in total. The molecule has 1 aromatic heterocycles. The zero-order valence-corrected chi connectivity index (χ0v) is 13.7. The highest BCUT2D eigenvalue weighted by atomic mass is 16.5. The Kier molecular flexibility index (Phi) is 5.67. The van der Waals surface area contributed by atoms with E-state index < -0.39 is 0 Å². The molecular formula is C16H28N4O. The van der Waals surface area contributed by atoms with Crippen LogP contribution in [-0.4, -0.2) is 46.6 Å². The number of rotatable bonds is 5. The number of morpholine rings is 1. The quantitative estimate of drug-likeness (QED) is 0.901. The SMILES string of the molecule is CCCN1CCOC(c2nccc(CNC(C)(C)C)n2)C1. The first-order valence-corrected chi connectivity index (χ1v) is 7.89. The van der Waals surface area contributed by atoms with E-state index in [0.717, 1.165) is 44.3 Å². The Labute approximate surface area is 128 Å². The van der Waals surface area contributed by atoms with Crippen LogP contribution in [0.15, 0.2) is 12.3 Å². The Morgan fingerprint density at radius 2 is 2.24 bits per heavy atom. The fraction of sp³-hybridized carbons (Fsp3) is 0.750. The van der Waals surface area contributed by atoms with Crippen molar-refractivity contribution in [1.29, 1.82) is 0 Å². The number of nitrogens with zero attached hydrogens (tertiary/aromatic N) is 3. The van der Waals surface area contributed by atoms with Crippen LogP contribution in [0.25, 0.3) is 0 Å². The van der Waals surface area contributed by atoms with Crippen molar-refractivity contribution in [2.45, 2.75) is 52.3 Å². The van der Waals surface area contributed by atoms with Gasteiger partial charge in [-0.2, -0.15) is 0 Å². The second-order valence-electron chi connectivity index (χ2n) is 6.67. The second-order valence-corrected chi connectivity index (χ2v) is 6.67. The smallest absolute Gasteiger partial charge is 0.158 e. The molecule has 0 aliphatic carbocycles. The lowest BCUT2D eigenvalue weighted by Gasteiger charge is -2.31. The minimum absolute atomic E-state index is 0.000105. The van der Waals surface area contributed by atoms with Gasteiger partial charge < -0.3 is 10.1 Å². The zero-order chi connectivity index (χ0) is 15.3. The third-order valence-corrected chi connectivity index (χ3v) is 3.51. The summed E-state index contributed by atoms with van der Waals surface area (Å²) in [6.07, 6.45) is 3.01. The number of aromatic nitrogens is 2. The maximum atomic E-state index is 5.85. The van der Waals surface area contributed by atoms with Crippen molar-refractivity contribution in [1.82, 2.24) is 20.2 Å². The Morgan fingerprint density at radius 3 is 2.95 bits per heavy atom. The van der Waals surface area contributed by atoms with Crippen LogP contribution in [0, 0.1) is 0 Å². The van der Waals surface area contributed by atoms with E-state index >= 15 is 0 Å². The first-order valence-electron chi connectivity index (χ1n) is 7.89. The fourth-order valence-electron chi connectivity index (χ4n) is 2.40. The van der Waals surface area contributed by atoms with E-state index in [4.69, 9.17) is 4.74 Å². The summed E-state index contributed by atoms with van der Waals surface area (Å²) in [6, 6.07) is 1.97. The van der Waals surface area contributed by atoms with Gasteiger partial charge in [0.25, 0.3) is 0 Å². The van der Waals surface area contributed by atoms with Crippen molar-refractivity contribution in [2.75, 3.05) is 26.2 Å². The van der Waals surface area contributed by atoms with E-state index in [1.807, 2.05) is 12.3 Å². The summed E-state index contributed by atoms with van der Waals surface area (Å²) in [5.41, 5.74) is 1.11. The van der Waals surface area contributed by atoms with Crippen molar-refractivity contribution >= 4 is 0 Å². The average Bonchev–Trinajstić information content (AvgIpc) is 2.45. The van der Waals surface area contributed by atoms with Gasteiger partial charge in [-0.25, -0.2) is 9.97 Å². The summed E-state index contributed by atoms with van der Waals surface area (Å²) < 4.78 is 5.85. The van der Waals surface area contributed by atoms with Gasteiger partial charge in [-0.1, -0.05) is 6.92 Å². The third-order valence-electron chi connectivity index (χ3n) is 3.51. The topological polar surface area (TPSA) is 50.3 Å². The van der Waals surface area contributed by atoms with E-state index in [9.17, 15) is 0 Å². The molecule has 0 bridgehead atoms. The monoisotopic (exact) mass is 292 g/mol. The van der Waals surface area contributed by atoms with Gasteiger partial charge >= 0.3 is 0 Å². The van der Waals surface area contributed by atoms with Crippen LogP contribution < -0.4 is 5.32 Å². The molecule has 0 aromatic carbocycles. The Hall–Kier alpha value is -1.04. The molecule has 5 nitrogen and oxygen atoms in total.